The van der Waals surface area contributed by atoms with Crippen LogP contribution in [0.25, 0.3) is 10.2 Å². The van der Waals surface area contributed by atoms with Crippen LogP contribution >= 0.6 is 22.9 Å². The van der Waals surface area contributed by atoms with Gasteiger partial charge in [-0.2, -0.15) is 0 Å². The third kappa shape index (κ3) is 2.11. The van der Waals surface area contributed by atoms with Crippen molar-refractivity contribution in [2.45, 2.75) is 25.7 Å². The van der Waals surface area contributed by atoms with Crippen LogP contribution in [0.2, 0.25) is 5.02 Å². The number of aromatic nitrogens is 1. The lowest BCUT2D eigenvalue weighted by Crippen LogP contribution is -2.27. The van der Waals surface area contributed by atoms with E-state index >= 15 is 0 Å². The van der Waals surface area contributed by atoms with E-state index in [-0.39, 0.29) is 11.8 Å². The van der Waals surface area contributed by atoms with Crippen molar-refractivity contribution in [3.05, 3.63) is 23.2 Å². The highest BCUT2D eigenvalue weighted by Gasteiger charge is 2.43. The van der Waals surface area contributed by atoms with E-state index in [0.717, 1.165) is 22.6 Å². The lowest BCUT2D eigenvalue weighted by atomic mass is 9.88. The standard InChI is InChI=1S/C15H15ClN2OS/c16-10-3-4-12-13(7-10)20-15(17-12)18-14(19)11-6-8-1-2-9(11)5-8/h3-4,7-9,11H,1-2,5-6H2,(H,17,18,19)/t8-,9-,11+/m0/s1. The zero-order valence-electron chi connectivity index (χ0n) is 10.9. The number of carbonyl (C=O) groups excluding carboxylic acids is 1. The molecule has 3 atom stereocenters. The molecule has 0 unspecified atom stereocenters. The number of anilines is 1. The molecule has 2 saturated carbocycles. The topological polar surface area (TPSA) is 42.0 Å². The summed E-state index contributed by atoms with van der Waals surface area (Å²) in [6, 6.07) is 5.61. The summed E-state index contributed by atoms with van der Waals surface area (Å²) < 4.78 is 1.01. The molecule has 2 aliphatic rings. The van der Waals surface area contributed by atoms with Crippen LogP contribution < -0.4 is 5.32 Å². The van der Waals surface area contributed by atoms with E-state index in [0.29, 0.717) is 16.1 Å². The van der Waals surface area contributed by atoms with E-state index < -0.39 is 0 Å². The van der Waals surface area contributed by atoms with Gasteiger partial charge in [0.2, 0.25) is 5.91 Å². The zero-order valence-corrected chi connectivity index (χ0v) is 12.5. The Morgan fingerprint density at radius 3 is 3.00 bits per heavy atom. The summed E-state index contributed by atoms with van der Waals surface area (Å²) in [4.78, 5) is 16.8. The first-order valence-electron chi connectivity index (χ1n) is 7.06. The van der Waals surface area contributed by atoms with Gasteiger partial charge >= 0.3 is 0 Å². The second-order valence-electron chi connectivity index (χ2n) is 5.90. The molecule has 0 saturated heterocycles. The van der Waals surface area contributed by atoms with Crippen molar-refractivity contribution in [2.24, 2.45) is 17.8 Å². The molecule has 1 N–H and O–H groups in total. The van der Waals surface area contributed by atoms with E-state index in [4.69, 9.17) is 11.6 Å². The predicted octanol–water partition coefficient (Wildman–Crippen LogP) is 4.32. The molecule has 1 heterocycles. The Bertz CT molecular complexity index is 684. The van der Waals surface area contributed by atoms with E-state index in [1.54, 1.807) is 0 Å². The third-order valence-electron chi connectivity index (χ3n) is 4.66. The minimum absolute atomic E-state index is 0.155. The number of rotatable bonds is 2. The van der Waals surface area contributed by atoms with Crippen LogP contribution in [-0.2, 0) is 4.79 Å². The largest absolute Gasteiger partial charge is 0.302 e. The van der Waals surface area contributed by atoms with Crippen LogP contribution in [-0.4, -0.2) is 10.9 Å². The number of nitrogens with one attached hydrogen (secondary N) is 1. The Morgan fingerprint density at radius 1 is 1.35 bits per heavy atom. The zero-order chi connectivity index (χ0) is 13.7. The number of hydrogen-bond acceptors (Lipinski definition) is 3. The molecule has 0 radical (unpaired) electrons. The molecule has 3 nitrogen and oxygen atoms in total. The summed E-state index contributed by atoms with van der Waals surface area (Å²) >= 11 is 7.46. The number of amides is 1. The average molecular weight is 307 g/mol. The molecule has 5 heteroatoms. The van der Waals surface area contributed by atoms with Gasteiger partial charge in [-0.05, 0) is 49.3 Å². The van der Waals surface area contributed by atoms with Gasteiger partial charge in [-0.15, -0.1) is 0 Å². The smallest absolute Gasteiger partial charge is 0.229 e. The highest BCUT2D eigenvalue weighted by atomic mass is 35.5. The van der Waals surface area contributed by atoms with Gasteiger partial charge < -0.3 is 5.32 Å². The molecule has 2 aromatic rings. The first-order chi connectivity index (χ1) is 9.69. The molecule has 0 aliphatic heterocycles. The highest BCUT2D eigenvalue weighted by molar-refractivity contribution is 7.22. The van der Waals surface area contributed by atoms with Crippen molar-refractivity contribution in [1.82, 2.24) is 4.98 Å². The lowest BCUT2D eigenvalue weighted by Gasteiger charge is -2.19. The lowest BCUT2D eigenvalue weighted by molar-refractivity contribution is -0.121. The Balaban J connectivity index is 1.53. The maximum absolute atomic E-state index is 12.4. The molecule has 2 aliphatic carbocycles. The number of fused-ring (bicyclic) bond motifs is 3. The summed E-state index contributed by atoms with van der Waals surface area (Å²) in [6.07, 6.45) is 4.84. The van der Waals surface area contributed by atoms with E-state index in [1.807, 2.05) is 18.2 Å². The fourth-order valence-corrected chi connectivity index (χ4v) is 4.86. The van der Waals surface area contributed by atoms with Crippen LogP contribution in [0.1, 0.15) is 25.7 Å². The monoisotopic (exact) mass is 306 g/mol. The van der Waals surface area contributed by atoms with Crippen LogP contribution in [0.5, 0.6) is 0 Å². The molecule has 1 aromatic heterocycles. The Morgan fingerprint density at radius 2 is 2.25 bits per heavy atom. The van der Waals surface area contributed by atoms with Gasteiger partial charge in [-0.3, -0.25) is 4.79 Å². The summed E-state index contributed by atoms with van der Waals surface area (Å²) in [5.74, 6) is 1.74. The Labute approximate surface area is 126 Å². The summed E-state index contributed by atoms with van der Waals surface area (Å²) in [7, 11) is 0. The molecular formula is C15H15ClN2OS. The summed E-state index contributed by atoms with van der Waals surface area (Å²) in [6.45, 7) is 0. The van der Waals surface area contributed by atoms with Crippen molar-refractivity contribution in [1.29, 1.82) is 0 Å². The maximum Gasteiger partial charge on any atom is 0.229 e. The summed E-state index contributed by atoms with van der Waals surface area (Å²) in [5.41, 5.74) is 0.891. The summed E-state index contributed by atoms with van der Waals surface area (Å²) in [5, 5.41) is 4.39. The number of hydrogen-bond donors (Lipinski definition) is 1. The van der Waals surface area contributed by atoms with Crippen LogP contribution in [0, 0.1) is 17.8 Å². The maximum atomic E-state index is 12.4. The molecule has 1 amide bonds. The SMILES string of the molecule is O=C(Nc1nc2ccc(Cl)cc2s1)[C@@H]1C[C@H]2CC[C@H]1C2. The molecule has 2 bridgehead atoms. The van der Waals surface area contributed by atoms with Crippen molar-refractivity contribution in [3.8, 4) is 0 Å². The predicted molar refractivity (Wildman–Crippen MR) is 82.2 cm³/mol. The molecule has 2 fully saturated rings. The molecule has 1 aromatic carbocycles. The molecule has 20 heavy (non-hydrogen) atoms. The van der Waals surface area contributed by atoms with Gasteiger partial charge in [0, 0.05) is 10.9 Å². The second-order valence-corrected chi connectivity index (χ2v) is 7.37. The fraction of sp³-hybridized carbons (Fsp3) is 0.467. The molecule has 4 rings (SSSR count). The normalized spacial score (nSPS) is 28.1. The first-order valence-corrected chi connectivity index (χ1v) is 8.25. The van der Waals surface area contributed by atoms with E-state index in [2.05, 4.69) is 10.3 Å². The second kappa shape index (κ2) is 4.71. The quantitative estimate of drug-likeness (QED) is 0.897. The fourth-order valence-electron chi connectivity index (χ4n) is 3.72. The molecular weight excluding hydrogens is 292 g/mol. The van der Waals surface area contributed by atoms with E-state index in [9.17, 15) is 4.79 Å². The minimum atomic E-state index is 0.155. The molecule has 0 spiro atoms. The van der Waals surface area contributed by atoms with Crippen molar-refractivity contribution in [3.63, 3.8) is 0 Å². The highest BCUT2D eigenvalue weighted by Crippen LogP contribution is 2.48. The van der Waals surface area contributed by atoms with Crippen molar-refractivity contribution < 1.29 is 4.79 Å². The van der Waals surface area contributed by atoms with Gasteiger partial charge in [-0.1, -0.05) is 29.4 Å². The number of nitrogens with zero attached hydrogens (tertiary/aromatic N) is 1. The van der Waals surface area contributed by atoms with Crippen LogP contribution in [0.3, 0.4) is 0 Å². The van der Waals surface area contributed by atoms with Gasteiger partial charge in [0.05, 0.1) is 10.2 Å². The van der Waals surface area contributed by atoms with Gasteiger partial charge in [0.15, 0.2) is 5.13 Å². The Kier molecular flexibility index (Phi) is 2.97. The third-order valence-corrected chi connectivity index (χ3v) is 5.82. The number of thiazole rings is 1. The molecule has 104 valence electrons. The van der Waals surface area contributed by atoms with Crippen molar-refractivity contribution >= 4 is 44.2 Å². The number of halogens is 1. The van der Waals surface area contributed by atoms with Gasteiger partial charge in [0.1, 0.15) is 0 Å². The van der Waals surface area contributed by atoms with E-state index in [1.165, 1.54) is 30.6 Å². The average Bonchev–Trinajstić information content (AvgIpc) is 3.11. The van der Waals surface area contributed by atoms with Gasteiger partial charge in [-0.25, -0.2) is 4.98 Å². The number of carbonyl (C=O) groups is 1. The number of benzene rings is 1. The van der Waals surface area contributed by atoms with Crippen LogP contribution in [0.15, 0.2) is 18.2 Å². The van der Waals surface area contributed by atoms with Gasteiger partial charge in [0.25, 0.3) is 0 Å². The van der Waals surface area contributed by atoms with Crippen molar-refractivity contribution in [2.75, 3.05) is 5.32 Å². The van der Waals surface area contributed by atoms with Crippen LogP contribution in [0.4, 0.5) is 5.13 Å². The minimum Gasteiger partial charge on any atom is -0.302 e. The first kappa shape index (κ1) is 12.6. The Hall–Kier alpha value is -1.13.